The van der Waals surface area contributed by atoms with E-state index in [0.29, 0.717) is 0 Å². The number of rotatable bonds is 0. The summed E-state index contributed by atoms with van der Waals surface area (Å²) >= 11 is 4.62. The van der Waals surface area contributed by atoms with Crippen LogP contribution < -0.4 is 0 Å². The van der Waals surface area contributed by atoms with E-state index in [1.165, 1.54) is 6.20 Å². The van der Waals surface area contributed by atoms with Crippen molar-refractivity contribution in [2.45, 2.75) is 0 Å². The van der Waals surface area contributed by atoms with Gasteiger partial charge in [0.1, 0.15) is 22.1 Å². The standard InChI is InChI=1S/C6H3FN2S/c7-5-1-2-9-6(10)4(5)3-8/h1-2H,(H,9,10). The molecule has 0 aromatic carbocycles. The van der Waals surface area contributed by atoms with E-state index in [0.717, 1.165) is 6.07 Å². The van der Waals surface area contributed by atoms with E-state index in [2.05, 4.69) is 17.2 Å². The zero-order chi connectivity index (χ0) is 7.56. The van der Waals surface area contributed by atoms with Crippen molar-refractivity contribution in [1.29, 1.82) is 5.26 Å². The zero-order valence-corrected chi connectivity index (χ0v) is 5.70. The van der Waals surface area contributed by atoms with E-state index >= 15 is 0 Å². The second-order valence-electron chi connectivity index (χ2n) is 1.64. The molecule has 0 spiro atoms. The first-order valence-corrected chi connectivity index (χ1v) is 2.94. The van der Waals surface area contributed by atoms with E-state index in [1.807, 2.05) is 0 Å². The molecule has 50 valence electrons. The van der Waals surface area contributed by atoms with Gasteiger partial charge in [0.05, 0.1) is 0 Å². The minimum atomic E-state index is -0.578. The summed E-state index contributed by atoms with van der Waals surface area (Å²) in [7, 11) is 0. The zero-order valence-electron chi connectivity index (χ0n) is 4.89. The molecule has 4 heteroatoms. The molecular weight excluding hydrogens is 151 g/mol. The third-order valence-electron chi connectivity index (χ3n) is 1.02. The van der Waals surface area contributed by atoms with Crippen molar-refractivity contribution in [2.24, 2.45) is 0 Å². The van der Waals surface area contributed by atoms with Crippen LogP contribution in [0.4, 0.5) is 4.39 Å². The van der Waals surface area contributed by atoms with Crippen molar-refractivity contribution < 1.29 is 4.39 Å². The Bertz CT molecular complexity index is 336. The lowest BCUT2D eigenvalue weighted by Gasteiger charge is -1.89. The number of aromatic amines is 1. The molecule has 1 N–H and O–H groups in total. The van der Waals surface area contributed by atoms with Crippen LogP contribution in [0.3, 0.4) is 0 Å². The fourth-order valence-electron chi connectivity index (χ4n) is 0.559. The van der Waals surface area contributed by atoms with Crippen molar-refractivity contribution >= 4 is 12.2 Å². The van der Waals surface area contributed by atoms with E-state index in [9.17, 15) is 4.39 Å². The molecule has 1 rings (SSSR count). The first-order chi connectivity index (χ1) is 4.75. The number of halogens is 1. The molecule has 0 aliphatic rings. The Kier molecular flexibility index (Phi) is 1.78. The largest absolute Gasteiger partial charge is 0.352 e. The van der Waals surface area contributed by atoms with Gasteiger partial charge in [-0.2, -0.15) is 5.26 Å². The molecule has 0 saturated heterocycles. The number of hydrogen-bond donors (Lipinski definition) is 1. The summed E-state index contributed by atoms with van der Waals surface area (Å²) < 4.78 is 12.7. The summed E-state index contributed by atoms with van der Waals surface area (Å²) in [4.78, 5) is 2.54. The molecule has 0 bridgehead atoms. The Labute approximate surface area is 61.9 Å². The van der Waals surface area contributed by atoms with Gasteiger partial charge in [-0.25, -0.2) is 4.39 Å². The summed E-state index contributed by atoms with van der Waals surface area (Å²) in [6.45, 7) is 0. The van der Waals surface area contributed by atoms with Crippen LogP contribution in [0.5, 0.6) is 0 Å². The molecule has 1 aromatic heterocycles. The van der Waals surface area contributed by atoms with Crippen LogP contribution in [0.1, 0.15) is 5.56 Å². The Balaban J connectivity index is 3.50. The summed E-state index contributed by atoms with van der Waals surface area (Å²) in [5.74, 6) is -0.578. The predicted octanol–water partition coefficient (Wildman–Crippen LogP) is 1.75. The maximum atomic E-state index is 12.5. The molecule has 0 radical (unpaired) electrons. The smallest absolute Gasteiger partial charge is 0.145 e. The molecule has 2 nitrogen and oxygen atoms in total. The fraction of sp³-hybridized carbons (Fsp3) is 0. The minimum absolute atomic E-state index is 0.0995. The molecule has 0 fully saturated rings. The van der Waals surface area contributed by atoms with E-state index in [1.54, 1.807) is 6.07 Å². The van der Waals surface area contributed by atoms with Crippen LogP contribution >= 0.6 is 12.2 Å². The highest BCUT2D eigenvalue weighted by Crippen LogP contribution is 2.03. The molecule has 0 aliphatic heterocycles. The topological polar surface area (TPSA) is 39.6 Å². The lowest BCUT2D eigenvalue weighted by Crippen LogP contribution is -1.85. The van der Waals surface area contributed by atoms with Gasteiger partial charge in [-0.3, -0.25) is 0 Å². The third-order valence-corrected chi connectivity index (χ3v) is 1.34. The lowest BCUT2D eigenvalue weighted by atomic mass is 10.3. The fourth-order valence-corrected chi connectivity index (χ4v) is 0.770. The normalized spacial score (nSPS) is 8.80. The quantitative estimate of drug-likeness (QED) is 0.578. The molecule has 0 atom stereocenters. The van der Waals surface area contributed by atoms with Gasteiger partial charge in [0.15, 0.2) is 0 Å². The number of aromatic nitrogens is 1. The van der Waals surface area contributed by atoms with E-state index in [4.69, 9.17) is 5.26 Å². The van der Waals surface area contributed by atoms with Gasteiger partial charge in [-0.15, -0.1) is 0 Å². The first kappa shape index (κ1) is 6.90. The molecule has 0 amide bonds. The van der Waals surface area contributed by atoms with Gasteiger partial charge < -0.3 is 4.98 Å². The van der Waals surface area contributed by atoms with Gasteiger partial charge in [-0.1, -0.05) is 12.2 Å². The lowest BCUT2D eigenvalue weighted by molar-refractivity contribution is 0.620. The van der Waals surface area contributed by atoms with E-state index in [-0.39, 0.29) is 10.2 Å². The summed E-state index contributed by atoms with van der Waals surface area (Å²) in [6.07, 6.45) is 1.36. The summed E-state index contributed by atoms with van der Waals surface area (Å²) in [5, 5.41) is 8.32. The summed E-state index contributed by atoms with van der Waals surface area (Å²) in [6, 6.07) is 2.81. The van der Waals surface area contributed by atoms with Gasteiger partial charge in [0.2, 0.25) is 0 Å². The highest BCUT2D eigenvalue weighted by Gasteiger charge is 1.99. The molecule has 10 heavy (non-hydrogen) atoms. The molecule has 0 aliphatic carbocycles. The second kappa shape index (κ2) is 2.58. The highest BCUT2D eigenvalue weighted by atomic mass is 32.1. The van der Waals surface area contributed by atoms with Gasteiger partial charge >= 0.3 is 0 Å². The molecular formula is C6H3FN2S. The minimum Gasteiger partial charge on any atom is -0.352 e. The van der Waals surface area contributed by atoms with Crippen LogP contribution in [0.15, 0.2) is 12.3 Å². The Morgan fingerprint density at radius 2 is 2.40 bits per heavy atom. The Morgan fingerprint density at radius 1 is 1.70 bits per heavy atom. The van der Waals surface area contributed by atoms with Crippen molar-refractivity contribution in [3.8, 4) is 6.07 Å². The van der Waals surface area contributed by atoms with Crippen molar-refractivity contribution in [3.05, 3.63) is 28.3 Å². The molecule has 1 aromatic rings. The third kappa shape index (κ3) is 1.04. The average Bonchev–Trinajstić information content (AvgIpc) is 1.88. The van der Waals surface area contributed by atoms with E-state index < -0.39 is 5.82 Å². The van der Waals surface area contributed by atoms with Crippen molar-refractivity contribution in [2.75, 3.05) is 0 Å². The average molecular weight is 154 g/mol. The number of hydrogen-bond acceptors (Lipinski definition) is 2. The van der Waals surface area contributed by atoms with Gasteiger partial charge in [0, 0.05) is 6.20 Å². The number of nitrogens with zero attached hydrogens (tertiary/aromatic N) is 1. The maximum Gasteiger partial charge on any atom is 0.145 e. The summed E-state index contributed by atoms with van der Waals surface area (Å²) in [5.41, 5.74) is -0.0995. The van der Waals surface area contributed by atoms with Crippen LogP contribution in [-0.2, 0) is 0 Å². The molecule has 0 saturated carbocycles. The first-order valence-electron chi connectivity index (χ1n) is 2.53. The molecule has 1 heterocycles. The van der Waals surface area contributed by atoms with Gasteiger partial charge in [-0.05, 0) is 6.07 Å². The van der Waals surface area contributed by atoms with Crippen molar-refractivity contribution in [3.63, 3.8) is 0 Å². The Hall–Kier alpha value is -1.21. The maximum absolute atomic E-state index is 12.5. The van der Waals surface area contributed by atoms with Crippen molar-refractivity contribution in [1.82, 2.24) is 4.98 Å². The van der Waals surface area contributed by atoms with Crippen LogP contribution in [0, 0.1) is 21.8 Å². The van der Waals surface area contributed by atoms with Crippen LogP contribution in [0.2, 0.25) is 0 Å². The predicted molar refractivity (Wildman–Crippen MR) is 36.3 cm³/mol. The molecule has 0 unspecified atom stereocenters. The van der Waals surface area contributed by atoms with Crippen LogP contribution in [0.25, 0.3) is 0 Å². The SMILES string of the molecule is N#Cc1c(F)cc[nH]c1=S. The van der Waals surface area contributed by atoms with Crippen LogP contribution in [-0.4, -0.2) is 4.98 Å². The Morgan fingerprint density at radius 3 is 2.80 bits per heavy atom. The number of nitriles is 1. The number of pyridine rings is 1. The number of H-pyrrole nitrogens is 1. The number of nitrogens with one attached hydrogen (secondary N) is 1. The second-order valence-corrected chi connectivity index (χ2v) is 2.05. The monoisotopic (exact) mass is 154 g/mol. The highest BCUT2D eigenvalue weighted by molar-refractivity contribution is 7.71. The van der Waals surface area contributed by atoms with Gasteiger partial charge in [0.25, 0.3) is 0 Å².